The average molecular weight is 792 g/mol. The molecule has 0 fully saturated rings. The second-order valence-corrected chi connectivity index (χ2v) is 15.7. The third-order valence-corrected chi connectivity index (χ3v) is 12.0. The van der Waals surface area contributed by atoms with Gasteiger partial charge in [0.2, 0.25) is 0 Å². The van der Waals surface area contributed by atoms with Crippen LogP contribution in [-0.4, -0.2) is 23.9 Å². The molecule has 5 nitrogen and oxygen atoms in total. The molecule has 290 valence electrons. The highest BCUT2D eigenvalue weighted by atomic mass is 15.0. The number of fused-ring (bicyclic) bond motifs is 7. The lowest BCUT2D eigenvalue weighted by molar-refractivity contribution is 1.07. The van der Waals surface area contributed by atoms with E-state index in [9.17, 15) is 0 Å². The summed E-state index contributed by atoms with van der Waals surface area (Å²) in [7, 11) is 0. The molecule has 62 heavy (non-hydrogen) atoms. The fraction of sp³-hybridized carbons (Fsp3) is 0. The number of hydrogen-bond acceptors (Lipinski definition) is 3. The number of para-hydroxylation sites is 1. The number of hydrogen-bond donors (Lipinski definition) is 0. The topological polar surface area (TPSA) is 48.0 Å². The first kappa shape index (κ1) is 35.5. The van der Waals surface area contributed by atoms with Crippen molar-refractivity contribution in [3.63, 3.8) is 0 Å². The van der Waals surface area contributed by atoms with Crippen LogP contribution in [-0.2, 0) is 0 Å². The first-order chi connectivity index (χ1) is 30.7. The van der Waals surface area contributed by atoms with Gasteiger partial charge in [0.25, 0.3) is 0 Å². The van der Waals surface area contributed by atoms with E-state index in [1.54, 1.807) is 0 Å². The van der Waals surface area contributed by atoms with E-state index in [4.69, 9.17) is 15.0 Å². The minimum absolute atomic E-state index is 0.615. The fourth-order valence-corrected chi connectivity index (χ4v) is 9.07. The van der Waals surface area contributed by atoms with Gasteiger partial charge in [0, 0.05) is 50.3 Å². The van der Waals surface area contributed by atoms with Crippen LogP contribution in [0.3, 0.4) is 0 Å². The van der Waals surface area contributed by atoms with Crippen LogP contribution in [0.5, 0.6) is 0 Å². The van der Waals surface area contributed by atoms with Crippen LogP contribution in [0.1, 0.15) is 0 Å². The number of pyridine rings is 1. The Hall–Kier alpha value is -8.41. The largest absolute Gasteiger partial charge is 0.314 e. The van der Waals surface area contributed by atoms with Gasteiger partial charge in [-0.1, -0.05) is 182 Å². The summed E-state index contributed by atoms with van der Waals surface area (Å²) in [5.74, 6) is 1.88. The molecule has 0 amide bonds. The zero-order valence-electron chi connectivity index (χ0n) is 33.6. The standard InChI is InChI=1S/C57H37N5/c1-5-16-38(17-6-1)40-28-30-41(31-29-40)52-48-26-13-14-27-50(48)61-35-34-47-49-37-44(39-18-7-2-8-19-39)32-33-51(49)62(53(47)54(52)61)46-25-15-24-45(36-46)57-59-55(42-20-9-3-10-21-42)58-56(60-57)43-22-11-4-12-23-43/h1-37H. The molecule has 0 aliphatic carbocycles. The Morgan fingerprint density at radius 2 is 0.790 bits per heavy atom. The molecule has 12 rings (SSSR count). The third kappa shape index (κ3) is 5.98. The highest BCUT2D eigenvalue weighted by Gasteiger charge is 2.23. The van der Waals surface area contributed by atoms with Crippen molar-refractivity contribution in [3.05, 3.63) is 225 Å². The van der Waals surface area contributed by atoms with E-state index < -0.39 is 0 Å². The molecule has 0 aliphatic heterocycles. The number of benzene rings is 8. The Balaban J connectivity index is 1.14. The molecular formula is C57H37N5. The van der Waals surface area contributed by atoms with Gasteiger partial charge < -0.3 is 8.97 Å². The highest BCUT2D eigenvalue weighted by molar-refractivity contribution is 6.21. The maximum Gasteiger partial charge on any atom is 0.164 e. The maximum atomic E-state index is 5.12. The summed E-state index contributed by atoms with van der Waals surface area (Å²) in [4.78, 5) is 15.2. The van der Waals surface area contributed by atoms with Crippen LogP contribution in [0.15, 0.2) is 225 Å². The summed E-state index contributed by atoms with van der Waals surface area (Å²) in [5.41, 5.74) is 15.5. The molecule has 4 heterocycles. The molecule has 5 heteroatoms. The van der Waals surface area contributed by atoms with Gasteiger partial charge in [0.05, 0.1) is 22.1 Å². The minimum atomic E-state index is 0.615. The molecular weight excluding hydrogens is 755 g/mol. The van der Waals surface area contributed by atoms with Crippen molar-refractivity contribution in [2.24, 2.45) is 0 Å². The van der Waals surface area contributed by atoms with Gasteiger partial charge in [0.1, 0.15) is 0 Å². The summed E-state index contributed by atoms with van der Waals surface area (Å²) in [5, 5.41) is 3.57. The van der Waals surface area contributed by atoms with E-state index in [0.717, 1.165) is 44.4 Å². The second kappa shape index (κ2) is 14.7. The summed E-state index contributed by atoms with van der Waals surface area (Å²) < 4.78 is 4.82. The number of nitrogens with zero attached hydrogens (tertiary/aromatic N) is 5. The molecule has 0 saturated heterocycles. The lowest BCUT2D eigenvalue weighted by Gasteiger charge is -2.13. The molecule has 0 spiro atoms. The SMILES string of the molecule is c1ccc(-c2ccc(-c3c4ccccc4n4ccc5c6cc(-c7ccccc7)ccc6n(-c6cccc(-c7nc(-c8ccccc8)nc(-c8ccccc8)n7)c6)c5c34)cc2)cc1. The summed E-state index contributed by atoms with van der Waals surface area (Å²) in [6, 6.07) is 77.1. The lowest BCUT2D eigenvalue weighted by Crippen LogP contribution is -2.01. The van der Waals surface area contributed by atoms with E-state index in [0.29, 0.717) is 17.5 Å². The molecule has 12 aromatic rings. The van der Waals surface area contributed by atoms with Crippen molar-refractivity contribution in [3.8, 4) is 73.2 Å². The zero-order chi connectivity index (χ0) is 41.0. The lowest BCUT2D eigenvalue weighted by atomic mass is 9.98. The molecule has 0 bridgehead atoms. The van der Waals surface area contributed by atoms with Gasteiger partial charge in [-0.3, -0.25) is 0 Å². The molecule has 0 unspecified atom stereocenters. The van der Waals surface area contributed by atoms with Gasteiger partial charge in [0.15, 0.2) is 17.5 Å². The normalized spacial score (nSPS) is 11.5. The van der Waals surface area contributed by atoms with Crippen molar-refractivity contribution in [1.29, 1.82) is 0 Å². The van der Waals surface area contributed by atoms with Crippen LogP contribution >= 0.6 is 0 Å². The average Bonchev–Trinajstić information content (AvgIpc) is 3.88. The summed E-state index contributed by atoms with van der Waals surface area (Å²) >= 11 is 0. The summed E-state index contributed by atoms with van der Waals surface area (Å²) in [6.45, 7) is 0. The van der Waals surface area contributed by atoms with Gasteiger partial charge in [-0.05, 0) is 64.2 Å². The van der Waals surface area contributed by atoms with Crippen molar-refractivity contribution in [2.45, 2.75) is 0 Å². The summed E-state index contributed by atoms with van der Waals surface area (Å²) in [6.07, 6.45) is 2.25. The molecule has 0 atom stereocenters. The van der Waals surface area contributed by atoms with Crippen molar-refractivity contribution < 1.29 is 0 Å². The quantitative estimate of drug-likeness (QED) is 0.162. The van der Waals surface area contributed by atoms with E-state index in [-0.39, 0.29) is 0 Å². The minimum Gasteiger partial charge on any atom is -0.314 e. The van der Waals surface area contributed by atoms with Crippen molar-refractivity contribution in [2.75, 3.05) is 0 Å². The number of rotatable bonds is 7. The zero-order valence-corrected chi connectivity index (χ0v) is 33.6. The van der Waals surface area contributed by atoms with Crippen LogP contribution in [0, 0.1) is 0 Å². The molecule has 8 aromatic carbocycles. The van der Waals surface area contributed by atoms with Crippen molar-refractivity contribution in [1.82, 2.24) is 23.9 Å². The maximum absolute atomic E-state index is 5.12. The Kier molecular flexibility index (Phi) is 8.42. The van der Waals surface area contributed by atoms with Gasteiger partial charge in [-0.15, -0.1) is 0 Å². The van der Waals surface area contributed by atoms with Gasteiger partial charge in [-0.2, -0.15) is 0 Å². The number of aromatic nitrogens is 5. The monoisotopic (exact) mass is 791 g/mol. The molecule has 0 aliphatic rings. The first-order valence-electron chi connectivity index (χ1n) is 20.9. The van der Waals surface area contributed by atoms with E-state index >= 15 is 0 Å². The third-order valence-electron chi connectivity index (χ3n) is 12.0. The predicted molar refractivity (Wildman–Crippen MR) is 255 cm³/mol. The van der Waals surface area contributed by atoms with Crippen molar-refractivity contribution >= 4 is 38.2 Å². The molecule has 0 radical (unpaired) electrons. The Bertz CT molecular complexity index is 3540. The van der Waals surface area contributed by atoms with Crippen LogP contribution < -0.4 is 0 Å². The van der Waals surface area contributed by atoms with Crippen LogP contribution in [0.4, 0.5) is 0 Å². The van der Waals surface area contributed by atoms with E-state index in [1.165, 1.54) is 49.5 Å². The smallest absolute Gasteiger partial charge is 0.164 e. The first-order valence-corrected chi connectivity index (χ1v) is 20.9. The molecule has 0 saturated carbocycles. The molecule has 4 aromatic heterocycles. The Morgan fingerprint density at radius 3 is 1.44 bits per heavy atom. The Labute approximate surface area is 358 Å². The molecule has 0 N–H and O–H groups in total. The van der Waals surface area contributed by atoms with E-state index in [1.807, 2.05) is 60.7 Å². The second-order valence-electron chi connectivity index (χ2n) is 15.7. The van der Waals surface area contributed by atoms with Gasteiger partial charge in [-0.25, -0.2) is 15.0 Å². The fourth-order valence-electron chi connectivity index (χ4n) is 9.07. The van der Waals surface area contributed by atoms with Gasteiger partial charge >= 0.3 is 0 Å². The predicted octanol–water partition coefficient (Wildman–Crippen LogP) is 14.4. The van der Waals surface area contributed by atoms with Crippen LogP contribution in [0.2, 0.25) is 0 Å². The highest BCUT2D eigenvalue weighted by Crippen LogP contribution is 2.44. The Morgan fingerprint density at radius 1 is 0.290 bits per heavy atom. The van der Waals surface area contributed by atoms with Crippen LogP contribution in [0.25, 0.3) is 111 Å². The van der Waals surface area contributed by atoms with E-state index in [2.05, 4.69) is 173 Å².